The van der Waals surface area contributed by atoms with Crippen LogP contribution in [0.15, 0.2) is 48.5 Å². The van der Waals surface area contributed by atoms with Gasteiger partial charge in [-0.05, 0) is 35.9 Å². The van der Waals surface area contributed by atoms with Crippen molar-refractivity contribution < 1.29 is 14.4 Å². The standard InChI is InChI=1S/C17H17N3O3/c1-11(21)19-10-12-5-7-13(8-6-12)17(23)20-15-4-2-3-14(9-15)16(18)22/h2-9H,10H2,1H3,(H2,18,22)(H,19,21)(H,20,23). The highest BCUT2D eigenvalue weighted by Crippen LogP contribution is 2.12. The van der Waals surface area contributed by atoms with E-state index in [2.05, 4.69) is 10.6 Å². The van der Waals surface area contributed by atoms with Crippen LogP contribution in [0, 0.1) is 0 Å². The number of hydrogen-bond acceptors (Lipinski definition) is 3. The minimum Gasteiger partial charge on any atom is -0.366 e. The van der Waals surface area contributed by atoms with Crippen molar-refractivity contribution in [2.24, 2.45) is 5.73 Å². The molecule has 0 heterocycles. The maximum Gasteiger partial charge on any atom is 0.255 e. The summed E-state index contributed by atoms with van der Waals surface area (Å²) in [5.74, 6) is -0.956. The summed E-state index contributed by atoms with van der Waals surface area (Å²) in [6, 6.07) is 13.3. The second kappa shape index (κ2) is 7.22. The molecule has 0 aliphatic carbocycles. The molecule has 0 saturated carbocycles. The molecule has 0 radical (unpaired) electrons. The summed E-state index contributed by atoms with van der Waals surface area (Å²) in [7, 11) is 0. The maximum absolute atomic E-state index is 12.2. The highest BCUT2D eigenvalue weighted by molar-refractivity contribution is 6.05. The Bertz CT molecular complexity index is 739. The molecule has 2 aromatic rings. The first-order valence-electron chi connectivity index (χ1n) is 7.00. The van der Waals surface area contributed by atoms with E-state index in [4.69, 9.17) is 5.73 Å². The number of nitrogens with two attached hydrogens (primary N) is 1. The molecular formula is C17H17N3O3. The number of carbonyl (C=O) groups excluding carboxylic acids is 3. The van der Waals surface area contributed by atoms with E-state index < -0.39 is 5.91 Å². The molecule has 0 aliphatic rings. The van der Waals surface area contributed by atoms with Crippen molar-refractivity contribution >= 4 is 23.4 Å². The summed E-state index contributed by atoms with van der Waals surface area (Å²) in [6.07, 6.45) is 0. The minimum absolute atomic E-state index is 0.110. The Hall–Kier alpha value is -3.15. The molecule has 0 saturated heterocycles. The predicted octanol–water partition coefficient (Wildman–Crippen LogP) is 1.67. The van der Waals surface area contributed by atoms with Crippen molar-refractivity contribution in [1.82, 2.24) is 5.32 Å². The molecular weight excluding hydrogens is 294 g/mol. The van der Waals surface area contributed by atoms with Crippen LogP contribution in [-0.4, -0.2) is 17.7 Å². The Morgan fingerprint density at radius 1 is 1.00 bits per heavy atom. The molecule has 23 heavy (non-hydrogen) atoms. The SMILES string of the molecule is CC(=O)NCc1ccc(C(=O)Nc2cccc(C(N)=O)c2)cc1. The van der Waals surface area contributed by atoms with Gasteiger partial charge in [-0.25, -0.2) is 0 Å². The van der Waals surface area contributed by atoms with Gasteiger partial charge in [-0.15, -0.1) is 0 Å². The molecule has 0 atom stereocenters. The van der Waals surface area contributed by atoms with Crippen molar-refractivity contribution in [2.45, 2.75) is 13.5 Å². The summed E-state index contributed by atoms with van der Waals surface area (Å²) < 4.78 is 0. The second-order valence-electron chi connectivity index (χ2n) is 5.01. The van der Waals surface area contributed by atoms with E-state index in [0.717, 1.165) is 5.56 Å². The van der Waals surface area contributed by atoms with Crippen molar-refractivity contribution in [3.63, 3.8) is 0 Å². The highest BCUT2D eigenvalue weighted by Gasteiger charge is 2.08. The Labute approximate surface area is 133 Å². The van der Waals surface area contributed by atoms with Crippen molar-refractivity contribution in [2.75, 3.05) is 5.32 Å². The lowest BCUT2D eigenvalue weighted by atomic mass is 10.1. The van der Waals surface area contributed by atoms with Crippen LogP contribution in [0.25, 0.3) is 0 Å². The van der Waals surface area contributed by atoms with Crippen LogP contribution < -0.4 is 16.4 Å². The molecule has 0 spiro atoms. The van der Waals surface area contributed by atoms with Gasteiger partial charge in [-0.3, -0.25) is 14.4 Å². The van der Waals surface area contributed by atoms with Crippen LogP contribution in [0.2, 0.25) is 0 Å². The average molecular weight is 311 g/mol. The number of amides is 3. The van der Waals surface area contributed by atoms with E-state index in [0.29, 0.717) is 23.4 Å². The fourth-order valence-electron chi connectivity index (χ4n) is 1.95. The normalized spacial score (nSPS) is 9.96. The third-order valence-electron chi connectivity index (χ3n) is 3.16. The van der Waals surface area contributed by atoms with E-state index in [1.54, 1.807) is 42.5 Å². The number of primary amides is 1. The van der Waals surface area contributed by atoms with Crippen molar-refractivity contribution in [1.29, 1.82) is 0 Å². The lowest BCUT2D eigenvalue weighted by Crippen LogP contribution is -2.19. The van der Waals surface area contributed by atoms with E-state index in [-0.39, 0.29) is 11.8 Å². The van der Waals surface area contributed by atoms with Crippen LogP contribution in [0.4, 0.5) is 5.69 Å². The number of nitrogens with one attached hydrogen (secondary N) is 2. The summed E-state index contributed by atoms with van der Waals surface area (Å²) in [4.78, 5) is 34.2. The van der Waals surface area contributed by atoms with Gasteiger partial charge in [0.15, 0.2) is 0 Å². The first-order valence-corrected chi connectivity index (χ1v) is 7.00. The molecule has 0 unspecified atom stereocenters. The minimum atomic E-state index is -0.552. The zero-order valence-corrected chi connectivity index (χ0v) is 12.6. The van der Waals surface area contributed by atoms with Crippen LogP contribution in [0.1, 0.15) is 33.2 Å². The van der Waals surface area contributed by atoms with Crippen LogP contribution in [-0.2, 0) is 11.3 Å². The van der Waals surface area contributed by atoms with Crippen LogP contribution in [0.3, 0.4) is 0 Å². The predicted molar refractivity (Wildman–Crippen MR) is 86.9 cm³/mol. The number of hydrogen-bond donors (Lipinski definition) is 3. The van der Waals surface area contributed by atoms with E-state index in [1.165, 1.54) is 13.0 Å². The summed E-state index contributed by atoms with van der Waals surface area (Å²) in [5, 5.41) is 5.39. The van der Waals surface area contributed by atoms with Gasteiger partial charge in [0.2, 0.25) is 11.8 Å². The molecule has 0 bridgehead atoms. The fourth-order valence-corrected chi connectivity index (χ4v) is 1.95. The molecule has 0 fully saturated rings. The molecule has 2 rings (SSSR count). The molecule has 6 heteroatoms. The number of benzene rings is 2. The van der Waals surface area contributed by atoms with Gasteiger partial charge in [0.25, 0.3) is 5.91 Å². The quantitative estimate of drug-likeness (QED) is 0.783. The van der Waals surface area contributed by atoms with Gasteiger partial charge >= 0.3 is 0 Å². The molecule has 0 aromatic heterocycles. The zero-order chi connectivity index (χ0) is 16.8. The Kier molecular flexibility index (Phi) is 5.09. The zero-order valence-electron chi connectivity index (χ0n) is 12.6. The first-order chi connectivity index (χ1) is 11.0. The van der Waals surface area contributed by atoms with Crippen LogP contribution >= 0.6 is 0 Å². The monoisotopic (exact) mass is 311 g/mol. The van der Waals surface area contributed by atoms with Gasteiger partial charge in [0.1, 0.15) is 0 Å². The van der Waals surface area contributed by atoms with Gasteiger partial charge in [0, 0.05) is 30.3 Å². The van der Waals surface area contributed by atoms with Crippen molar-refractivity contribution in [3.05, 3.63) is 65.2 Å². The summed E-state index contributed by atoms with van der Waals surface area (Å²) >= 11 is 0. The van der Waals surface area contributed by atoms with E-state index in [1.807, 2.05) is 0 Å². The van der Waals surface area contributed by atoms with Crippen molar-refractivity contribution in [3.8, 4) is 0 Å². The van der Waals surface area contributed by atoms with Gasteiger partial charge in [-0.1, -0.05) is 18.2 Å². The molecule has 4 N–H and O–H groups in total. The number of anilines is 1. The Balaban J connectivity index is 2.04. The third-order valence-corrected chi connectivity index (χ3v) is 3.16. The lowest BCUT2D eigenvalue weighted by molar-refractivity contribution is -0.119. The van der Waals surface area contributed by atoms with Gasteiger partial charge in [-0.2, -0.15) is 0 Å². The first kappa shape index (κ1) is 16.2. The van der Waals surface area contributed by atoms with Crippen LogP contribution in [0.5, 0.6) is 0 Å². The molecule has 2 aromatic carbocycles. The van der Waals surface area contributed by atoms with Gasteiger partial charge in [0.05, 0.1) is 0 Å². The largest absolute Gasteiger partial charge is 0.366 e. The maximum atomic E-state index is 12.2. The average Bonchev–Trinajstić information content (AvgIpc) is 2.53. The molecule has 6 nitrogen and oxygen atoms in total. The fraction of sp³-hybridized carbons (Fsp3) is 0.118. The molecule has 3 amide bonds. The van der Waals surface area contributed by atoms with E-state index in [9.17, 15) is 14.4 Å². The number of rotatable bonds is 5. The third kappa shape index (κ3) is 4.67. The topological polar surface area (TPSA) is 101 Å². The van der Waals surface area contributed by atoms with E-state index >= 15 is 0 Å². The molecule has 118 valence electrons. The highest BCUT2D eigenvalue weighted by atomic mass is 16.2. The summed E-state index contributed by atoms with van der Waals surface area (Å²) in [6.45, 7) is 1.86. The van der Waals surface area contributed by atoms with Gasteiger partial charge < -0.3 is 16.4 Å². The Morgan fingerprint density at radius 2 is 1.70 bits per heavy atom. The lowest BCUT2D eigenvalue weighted by Gasteiger charge is -2.07. The summed E-state index contributed by atoms with van der Waals surface area (Å²) in [5.41, 5.74) is 7.40. The smallest absolute Gasteiger partial charge is 0.255 e. The Morgan fingerprint density at radius 3 is 2.30 bits per heavy atom. The number of carbonyl (C=O) groups is 3. The molecule has 0 aliphatic heterocycles. The second-order valence-corrected chi connectivity index (χ2v) is 5.01.